The van der Waals surface area contributed by atoms with E-state index in [0.717, 1.165) is 29.7 Å². The number of carbonyl (C=O) groups excluding carboxylic acids is 1. The Hall–Kier alpha value is -3.74. The maximum absolute atomic E-state index is 13.5. The molecule has 0 bridgehead atoms. The summed E-state index contributed by atoms with van der Waals surface area (Å²) in [5.74, 6) is -0.267. The number of hydrogen-bond donors (Lipinski definition) is 1. The molecule has 172 valence electrons. The Morgan fingerprint density at radius 2 is 1.85 bits per heavy atom. The molecule has 3 aromatic rings. The first-order valence-corrected chi connectivity index (χ1v) is 11.4. The number of para-hydroxylation sites is 1. The first kappa shape index (κ1) is 23.4. The summed E-state index contributed by atoms with van der Waals surface area (Å²) in [6, 6.07) is 18.6. The highest BCUT2D eigenvalue weighted by atomic mass is 16.5. The molecule has 1 N–H and O–H groups in total. The van der Waals surface area contributed by atoms with E-state index in [4.69, 9.17) is 22.1 Å². The highest BCUT2D eigenvalue weighted by Crippen LogP contribution is 2.37. The van der Waals surface area contributed by atoms with Gasteiger partial charge in [-0.15, -0.1) is 0 Å². The molecule has 4 rings (SSSR count). The maximum atomic E-state index is 13.5. The number of nitrogens with zero attached hydrogens (tertiary/aromatic N) is 1. The Kier molecular flexibility index (Phi) is 7.53. The zero-order valence-electron chi connectivity index (χ0n) is 18.8. The van der Waals surface area contributed by atoms with Gasteiger partial charge in [-0.3, -0.25) is 9.59 Å². The molecule has 1 unspecified atom stereocenters. The van der Waals surface area contributed by atoms with Gasteiger partial charge < -0.3 is 19.2 Å². The van der Waals surface area contributed by atoms with Gasteiger partial charge in [0.15, 0.2) is 0 Å². The van der Waals surface area contributed by atoms with Gasteiger partial charge in [-0.25, -0.2) is 0 Å². The molecule has 1 aromatic heterocycles. The summed E-state index contributed by atoms with van der Waals surface area (Å²) in [7, 11) is 6.64. The van der Waals surface area contributed by atoms with E-state index in [0.29, 0.717) is 24.3 Å². The van der Waals surface area contributed by atoms with Crippen molar-refractivity contribution in [2.45, 2.75) is 37.7 Å². The van der Waals surface area contributed by atoms with Crippen molar-refractivity contribution < 1.29 is 23.8 Å². The van der Waals surface area contributed by atoms with Gasteiger partial charge in [-0.2, -0.15) is 0 Å². The van der Waals surface area contributed by atoms with Crippen LogP contribution in [0.1, 0.15) is 47.5 Å². The molecule has 2 aromatic carbocycles. The SMILES string of the molecule is [B]C(c1ccccc1OCC/C=C\CC(=O)O)N(C(=O)c1ccc(-c2ccco2)cc1)C1CC1. The van der Waals surface area contributed by atoms with E-state index in [-0.39, 0.29) is 18.4 Å². The molecule has 1 saturated carbocycles. The quantitative estimate of drug-likeness (QED) is 0.244. The second kappa shape index (κ2) is 10.9. The molecule has 2 radical (unpaired) electrons. The summed E-state index contributed by atoms with van der Waals surface area (Å²) in [6.45, 7) is 0.380. The molecular weight excluding hydrogens is 429 g/mol. The number of ether oxygens (including phenoxy) is 1. The first-order chi connectivity index (χ1) is 16.5. The smallest absolute Gasteiger partial charge is 0.307 e. The lowest BCUT2D eigenvalue weighted by Crippen LogP contribution is -2.37. The van der Waals surface area contributed by atoms with Crippen molar-refractivity contribution in [2.75, 3.05) is 6.61 Å². The molecule has 1 heterocycles. The van der Waals surface area contributed by atoms with Crippen molar-refractivity contribution in [2.24, 2.45) is 0 Å². The third-order valence-corrected chi connectivity index (χ3v) is 5.65. The minimum Gasteiger partial charge on any atom is -0.493 e. The standard InChI is InChI=1S/C27H26BNO5/c28-26(22-7-3-4-8-24(22)34-17-5-1-2-10-25(30)31)29(21-15-16-21)27(32)20-13-11-19(12-14-20)23-9-6-18-33-23/h1-4,6-9,11-14,18,21,26H,5,10,15-17H2,(H,30,31)/b2-1-. The van der Waals surface area contributed by atoms with Gasteiger partial charge in [-0.1, -0.05) is 42.5 Å². The monoisotopic (exact) mass is 455 g/mol. The minimum absolute atomic E-state index is 0.0115. The Balaban J connectivity index is 1.47. The van der Waals surface area contributed by atoms with Gasteiger partial charge in [-0.05, 0) is 49.6 Å². The minimum atomic E-state index is -0.867. The van der Waals surface area contributed by atoms with Crippen molar-refractivity contribution in [3.05, 3.63) is 90.2 Å². The van der Waals surface area contributed by atoms with Crippen LogP contribution in [0, 0.1) is 0 Å². The Bertz CT molecular complexity index is 1140. The van der Waals surface area contributed by atoms with Crippen LogP contribution in [0.25, 0.3) is 11.3 Å². The number of rotatable bonds is 11. The maximum Gasteiger partial charge on any atom is 0.307 e. The molecule has 1 aliphatic rings. The zero-order valence-corrected chi connectivity index (χ0v) is 18.8. The summed E-state index contributed by atoms with van der Waals surface area (Å²) in [5, 5.41) is 8.70. The van der Waals surface area contributed by atoms with Crippen LogP contribution in [0.5, 0.6) is 5.75 Å². The van der Waals surface area contributed by atoms with E-state index in [1.807, 2.05) is 48.5 Å². The number of benzene rings is 2. The number of carboxylic acids is 1. The molecule has 1 amide bonds. The average Bonchev–Trinajstić information content (AvgIpc) is 3.52. The van der Waals surface area contributed by atoms with Crippen molar-refractivity contribution in [3.63, 3.8) is 0 Å². The largest absolute Gasteiger partial charge is 0.493 e. The van der Waals surface area contributed by atoms with Gasteiger partial charge in [0.1, 0.15) is 19.4 Å². The van der Waals surface area contributed by atoms with Crippen molar-refractivity contribution >= 4 is 19.7 Å². The highest BCUT2D eigenvalue weighted by Gasteiger charge is 2.37. The predicted octanol–water partition coefficient (Wildman–Crippen LogP) is 5.22. The van der Waals surface area contributed by atoms with E-state index < -0.39 is 11.9 Å². The average molecular weight is 455 g/mol. The van der Waals surface area contributed by atoms with Crippen molar-refractivity contribution in [1.82, 2.24) is 4.90 Å². The van der Waals surface area contributed by atoms with E-state index >= 15 is 0 Å². The van der Waals surface area contributed by atoms with Crippen LogP contribution in [-0.2, 0) is 4.79 Å². The molecule has 7 heteroatoms. The molecule has 1 aliphatic carbocycles. The van der Waals surface area contributed by atoms with E-state index in [9.17, 15) is 9.59 Å². The molecule has 1 fully saturated rings. The van der Waals surface area contributed by atoms with Gasteiger partial charge in [0.2, 0.25) is 0 Å². The van der Waals surface area contributed by atoms with Crippen LogP contribution < -0.4 is 4.74 Å². The lowest BCUT2D eigenvalue weighted by molar-refractivity contribution is -0.136. The summed E-state index contributed by atoms with van der Waals surface area (Å²) < 4.78 is 11.4. The molecule has 0 aliphatic heterocycles. The summed E-state index contributed by atoms with van der Waals surface area (Å²) in [4.78, 5) is 25.8. The third-order valence-electron chi connectivity index (χ3n) is 5.65. The number of furan rings is 1. The molecule has 0 spiro atoms. The fraction of sp³-hybridized carbons (Fsp3) is 0.259. The Morgan fingerprint density at radius 3 is 2.53 bits per heavy atom. The predicted molar refractivity (Wildman–Crippen MR) is 130 cm³/mol. The van der Waals surface area contributed by atoms with Crippen LogP contribution in [0.3, 0.4) is 0 Å². The Morgan fingerprint density at radius 1 is 1.09 bits per heavy atom. The van der Waals surface area contributed by atoms with Gasteiger partial charge in [0.05, 0.1) is 19.3 Å². The van der Waals surface area contributed by atoms with Crippen LogP contribution in [-0.4, -0.2) is 42.4 Å². The number of aliphatic carboxylic acids is 1. The Labute approximate surface area is 200 Å². The third kappa shape index (κ3) is 5.79. The molecule has 1 atom stereocenters. The number of amides is 1. The molecule has 0 saturated heterocycles. The van der Waals surface area contributed by atoms with Crippen LogP contribution >= 0.6 is 0 Å². The normalized spacial score (nSPS) is 14.1. The number of carbonyl (C=O) groups is 2. The second-order valence-electron chi connectivity index (χ2n) is 8.19. The van der Waals surface area contributed by atoms with Gasteiger partial charge in [0, 0.05) is 28.7 Å². The lowest BCUT2D eigenvalue weighted by atomic mass is 9.86. The lowest BCUT2D eigenvalue weighted by Gasteiger charge is -2.31. The fourth-order valence-electron chi connectivity index (χ4n) is 3.79. The summed E-state index contributed by atoms with van der Waals surface area (Å²) in [6.07, 6.45) is 7.40. The summed E-state index contributed by atoms with van der Waals surface area (Å²) in [5.41, 5.74) is 2.21. The van der Waals surface area contributed by atoms with E-state index in [2.05, 4.69) is 0 Å². The summed E-state index contributed by atoms with van der Waals surface area (Å²) >= 11 is 0. The van der Waals surface area contributed by atoms with E-state index in [1.54, 1.807) is 35.4 Å². The number of hydrogen-bond acceptors (Lipinski definition) is 4. The van der Waals surface area contributed by atoms with Gasteiger partial charge >= 0.3 is 5.97 Å². The van der Waals surface area contributed by atoms with Crippen LogP contribution in [0.15, 0.2) is 83.5 Å². The van der Waals surface area contributed by atoms with Crippen molar-refractivity contribution in [1.29, 1.82) is 0 Å². The zero-order chi connectivity index (χ0) is 23.9. The molecule has 34 heavy (non-hydrogen) atoms. The second-order valence-corrected chi connectivity index (χ2v) is 8.19. The van der Waals surface area contributed by atoms with Gasteiger partial charge in [0.25, 0.3) is 5.91 Å². The highest BCUT2D eigenvalue weighted by molar-refractivity contribution is 6.14. The molecule has 6 nitrogen and oxygen atoms in total. The fourth-order valence-corrected chi connectivity index (χ4v) is 3.79. The van der Waals surface area contributed by atoms with Crippen molar-refractivity contribution in [3.8, 4) is 17.1 Å². The van der Waals surface area contributed by atoms with Crippen LogP contribution in [0.2, 0.25) is 0 Å². The molecular formula is C27H26BNO5. The number of carboxylic acid groups (broad SMARTS) is 1. The first-order valence-electron chi connectivity index (χ1n) is 11.4. The van der Waals surface area contributed by atoms with E-state index in [1.165, 1.54) is 0 Å². The topological polar surface area (TPSA) is 80.0 Å². The van der Waals surface area contributed by atoms with Crippen LogP contribution in [0.4, 0.5) is 0 Å².